The zero-order valence-electron chi connectivity index (χ0n) is 15.6. The lowest BCUT2D eigenvalue weighted by Gasteiger charge is -2.09. The summed E-state index contributed by atoms with van der Waals surface area (Å²) in [5.74, 6) is 0.740. The van der Waals surface area contributed by atoms with Gasteiger partial charge in [-0.1, -0.05) is 47.8 Å². The molecule has 1 aromatic heterocycles. The van der Waals surface area contributed by atoms with E-state index in [1.807, 2.05) is 37.3 Å². The lowest BCUT2D eigenvalue weighted by atomic mass is 10.2. The third kappa shape index (κ3) is 6.48. The average Bonchev–Trinajstić information content (AvgIpc) is 3.04. The van der Waals surface area contributed by atoms with Crippen molar-refractivity contribution in [1.29, 1.82) is 0 Å². The number of hydrogen-bond acceptors (Lipinski definition) is 3. The minimum absolute atomic E-state index is 0.113. The summed E-state index contributed by atoms with van der Waals surface area (Å²) in [4.78, 5) is 12.3. The van der Waals surface area contributed by atoms with Crippen LogP contribution in [-0.2, 0) is 20.0 Å². The van der Waals surface area contributed by atoms with E-state index in [1.165, 1.54) is 19.3 Å². The number of halogens is 1. The fourth-order valence-electron chi connectivity index (χ4n) is 2.67. The standard InChI is InChI=1S/C20H28BrN3O2/c1-3-17-14-19(24(2)23-17)20(25)22-15-16-9-8-10-18(13-16)26-12-7-5-4-6-11-21/h8-10,13-14H,3-7,11-12,15H2,1-2H3,(H,22,25). The van der Waals surface area contributed by atoms with Gasteiger partial charge in [0.1, 0.15) is 11.4 Å². The maximum atomic E-state index is 12.3. The number of unbranched alkanes of at least 4 members (excludes halogenated alkanes) is 3. The summed E-state index contributed by atoms with van der Waals surface area (Å²) in [6.45, 7) is 3.22. The number of nitrogens with one attached hydrogen (secondary N) is 1. The van der Waals surface area contributed by atoms with Crippen LogP contribution in [0.25, 0.3) is 0 Å². The molecule has 1 heterocycles. The van der Waals surface area contributed by atoms with Gasteiger partial charge >= 0.3 is 0 Å². The summed E-state index contributed by atoms with van der Waals surface area (Å²) in [7, 11) is 1.79. The third-order valence-corrected chi connectivity index (χ3v) is 4.73. The van der Waals surface area contributed by atoms with Crippen LogP contribution in [0.5, 0.6) is 5.75 Å². The molecule has 0 aliphatic carbocycles. The third-order valence-electron chi connectivity index (χ3n) is 4.17. The Labute approximate surface area is 164 Å². The molecular formula is C20H28BrN3O2. The molecule has 2 aromatic rings. The Hall–Kier alpha value is -1.82. The van der Waals surface area contributed by atoms with Crippen LogP contribution in [0.1, 0.15) is 54.4 Å². The van der Waals surface area contributed by atoms with Crippen molar-refractivity contribution < 1.29 is 9.53 Å². The van der Waals surface area contributed by atoms with Crippen molar-refractivity contribution in [3.05, 3.63) is 47.3 Å². The molecule has 6 heteroatoms. The predicted molar refractivity (Wildman–Crippen MR) is 108 cm³/mol. The molecule has 2 rings (SSSR count). The van der Waals surface area contributed by atoms with Gasteiger partial charge in [-0.2, -0.15) is 5.10 Å². The molecule has 0 saturated heterocycles. The number of amides is 1. The molecular weight excluding hydrogens is 394 g/mol. The number of carbonyl (C=O) groups excluding carboxylic acids is 1. The molecule has 0 aliphatic heterocycles. The van der Waals surface area contributed by atoms with E-state index in [-0.39, 0.29) is 5.91 Å². The van der Waals surface area contributed by atoms with Gasteiger partial charge in [-0.25, -0.2) is 0 Å². The Morgan fingerprint density at radius 2 is 2.04 bits per heavy atom. The molecule has 0 unspecified atom stereocenters. The minimum atomic E-state index is -0.113. The molecule has 1 N–H and O–H groups in total. The van der Waals surface area contributed by atoms with Crippen LogP contribution in [0.15, 0.2) is 30.3 Å². The van der Waals surface area contributed by atoms with Crippen molar-refractivity contribution >= 4 is 21.8 Å². The highest BCUT2D eigenvalue weighted by atomic mass is 79.9. The first-order valence-electron chi connectivity index (χ1n) is 9.23. The summed E-state index contributed by atoms with van der Waals surface area (Å²) < 4.78 is 7.45. The molecule has 0 fully saturated rings. The fraction of sp³-hybridized carbons (Fsp3) is 0.500. The zero-order chi connectivity index (χ0) is 18.8. The Morgan fingerprint density at radius 1 is 1.23 bits per heavy atom. The Kier molecular flexibility index (Phi) is 8.68. The van der Waals surface area contributed by atoms with Gasteiger partial charge in [0.05, 0.1) is 12.3 Å². The molecule has 1 amide bonds. The number of aryl methyl sites for hydroxylation is 2. The monoisotopic (exact) mass is 421 g/mol. The number of nitrogens with zero attached hydrogens (tertiary/aromatic N) is 2. The summed E-state index contributed by atoms with van der Waals surface area (Å²) >= 11 is 3.45. The number of carbonyl (C=O) groups is 1. The fourth-order valence-corrected chi connectivity index (χ4v) is 3.07. The van der Waals surface area contributed by atoms with Crippen molar-refractivity contribution in [2.75, 3.05) is 11.9 Å². The van der Waals surface area contributed by atoms with Gasteiger partial charge in [0.25, 0.3) is 5.91 Å². The van der Waals surface area contributed by atoms with Crippen molar-refractivity contribution in [2.45, 2.75) is 45.6 Å². The number of hydrogen-bond donors (Lipinski definition) is 1. The molecule has 0 radical (unpaired) electrons. The van der Waals surface area contributed by atoms with Crippen LogP contribution >= 0.6 is 15.9 Å². The van der Waals surface area contributed by atoms with E-state index in [4.69, 9.17) is 4.74 Å². The number of benzene rings is 1. The number of rotatable bonds is 11. The highest BCUT2D eigenvalue weighted by Crippen LogP contribution is 2.14. The molecule has 5 nitrogen and oxygen atoms in total. The lowest BCUT2D eigenvalue weighted by molar-refractivity contribution is 0.0941. The SMILES string of the molecule is CCc1cc(C(=O)NCc2cccc(OCCCCCCBr)c2)n(C)n1. The maximum Gasteiger partial charge on any atom is 0.269 e. The van der Waals surface area contributed by atoms with Gasteiger partial charge < -0.3 is 10.1 Å². The second-order valence-electron chi connectivity index (χ2n) is 6.28. The number of alkyl halides is 1. The van der Waals surface area contributed by atoms with E-state index in [9.17, 15) is 4.79 Å². The molecule has 26 heavy (non-hydrogen) atoms. The quantitative estimate of drug-likeness (QED) is 0.435. The van der Waals surface area contributed by atoms with Crippen LogP contribution in [0.4, 0.5) is 0 Å². The summed E-state index contributed by atoms with van der Waals surface area (Å²) in [5, 5.41) is 8.33. The van der Waals surface area contributed by atoms with Crippen molar-refractivity contribution in [2.24, 2.45) is 7.05 Å². The zero-order valence-corrected chi connectivity index (χ0v) is 17.2. The highest BCUT2D eigenvalue weighted by molar-refractivity contribution is 9.09. The van der Waals surface area contributed by atoms with E-state index >= 15 is 0 Å². The van der Waals surface area contributed by atoms with Crippen molar-refractivity contribution in [3.8, 4) is 5.75 Å². The average molecular weight is 422 g/mol. The van der Waals surface area contributed by atoms with Crippen LogP contribution in [0.3, 0.4) is 0 Å². The molecule has 0 saturated carbocycles. The highest BCUT2D eigenvalue weighted by Gasteiger charge is 2.12. The van der Waals surface area contributed by atoms with Gasteiger partial charge in [0.15, 0.2) is 0 Å². The normalized spacial score (nSPS) is 10.7. The van der Waals surface area contributed by atoms with Crippen LogP contribution in [-0.4, -0.2) is 27.6 Å². The van der Waals surface area contributed by atoms with E-state index in [1.54, 1.807) is 11.7 Å². The van der Waals surface area contributed by atoms with Gasteiger partial charge in [-0.3, -0.25) is 9.48 Å². The lowest BCUT2D eigenvalue weighted by Crippen LogP contribution is -2.25. The van der Waals surface area contributed by atoms with E-state index in [2.05, 4.69) is 26.3 Å². The van der Waals surface area contributed by atoms with Crippen molar-refractivity contribution in [1.82, 2.24) is 15.1 Å². The van der Waals surface area contributed by atoms with Gasteiger partial charge in [-0.05, 0) is 43.0 Å². The summed E-state index contributed by atoms with van der Waals surface area (Å²) in [6, 6.07) is 9.73. The Bertz CT molecular complexity index is 700. The molecule has 0 atom stereocenters. The van der Waals surface area contributed by atoms with Crippen LogP contribution in [0.2, 0.25) is 0 Å². The van der Waals surface area contributed by atoms with E-state index < -0.39 is 0 Å². The minimum Gasteiger partial charge on any atom is -0.494 e. The molecule has 1 aromatic carbocycles. The maximum absolute atomic E-state index is 12.3. The summed E-state index contributed by atoms with van der Waals surface area (Å²) in [6.07, 6.45) is 5.51. The van der Waals surface area contributed by atoms with Crippen LogP contribution in [0, 0.1) is 0 Å². The first-order chi connectivity index (χ1) is 12.6. The van der Waals surface area contributed by atoms with E-state index in [0.29, 0.717) is 12.2 Å². The van der Waals surface area contributed by atoms with Crippen LogP contribution < -0.4 is 10.1 Å². The van der Waals surface area contributed by atoms with Gasteiger partial charge in [-0.15, -0.1) is 0 Å². The first kappa shape index (κ1) is 20.5. The van der Waals surface area contributed by atoms with E-state index in [0.717, 1.165) is 41.8 Å². The second-order valence-corrected chi connectivity index (χ2v) is 7.07. The first-order valence-corrected chi connectivity index (χ1v) is 10.3. The van der Waals surface area contributed by atoms with Crippen molar-refractivity contribution in [3.63, 3.8) is 0 Å². The predicted octanol–water partition coefficient (Wildman–Crippen LogP) is 4.25. The molecule has 142 valence electrons. The topological polar surface area (TPSA) is 56.1 Å². The Balaban J connectivity index is 1.80. The molecule has 0 aliphatic rings. The second kappa shape index (κ2) is 11.0. The summed E-state index contributed by atoms with van der Waals surface area (Å²) in [5.41, 5.74) is 2.52. The molecule has 0 bridgehead atoms. The number of aromatic nitrogens is 2. The largest absolute Gasteiger partial charge is 0.494 e. The smallest absolute Gasteiger partial charge is 0.269 e. The Morgan fingerprint density at radius 3 is 2.77 bits per heavy atom. The van der Waals surface area contributed by atoms with Gasteiger partial charge in [0.2, 0.25) is 0 Å². The van der Waals surface area contributed by atoms with Gasteiger partial charge in [0, 0.05) is 18.9 Å². The molecule has 0 spiro atoms. The number of ether oxygens (including phenoxy) is 1.